The zero-order valence-corrected chi connectivity index (χ0v) is 16.6. The van der Waals surface area contributed by atoms with E-state index in [-0.39, 0.29) is 112 Å². The van der Waals surface area contributed by atoms with Crippen LogP contribution < -0.4 is 20.4 Å². The summed E-state index contributed by atoms with van der Waals surface area (Å²) in [6, 6.07) is 0. The Kier molecular flexibility index (Phi) is 89.9. The van der Waals surface area contributed by atoms with E-state index in [1.807, 2.05) is 0 Å². The maximum Gasteiger partial charge on any atom is 3.00 e. The molecule has 0 aromatic heterocycles. The van der Waals surface area contributed by atoms with Gasteiger partial charge in [-0.15, -0.1) is 0 Å². The second-order valence-electron chi connectivity index (χ2n) is 0.500. The van der Waals surface area contributed by atoms with Crippen LogP contribution in [0.2, 0.25) is 0 Å². The van der Waals surface area contributed by atoms with E-state index in [0.29, 0.717) is 0 Å². The molecule has 0 radical (unpaired) electrons. The van der Waals surface area contributed by atoms with Gasteiger partial charge in [0.15, 0.2) is 0 Å². The molecule has 2 N–H and O–H groups in total. The van der Waals surface area contributed by atoms with Crippen LogP contribution in [0.15, 0.2) is 0 Å². The fourth-order valence-electron chi connectivity index (χ4n) is 0. The summed E-state index contributed by atoms with van der Waals surface area (Å²) >= 11 is 0. The van der Waals surface area contributed by atoms with Gasteiger partial charge in [0.05, 0.1) is 0 Å². The normalized spacial score (nSPS) is 4.00. The number of carbonyl (C=O) groups excluding carboxylic acids is 2. The Morgan fingerprint density at radius 1 is 0.667 bits per heavy atom. The molecule has 0 bridgehead atoms. The van der Waals surface area contributed by atoms with Gasteiger partial charge in [0, 0.05) is 0 Å². The maximum absolute atomic E-state index is 8.33. The van der Waals surface area contributed by atoms with Gasteiger partial charge in [-0.1, -0.05) is 0 Å². The number of hydrogen-bond donors (Lipinski definition) is 0. The molecule has 12 heavy (non-hydrogen) atoms. The number of carboxylic acid groups (broad SMARTS) is 4. The van der Waals surface area contributed by atoms with E-state index in [0.717, 1.165) is 0 Å². The van der Waals surface area contributed by atoms with Gasteiger partial charge in [0.25, 0.3) is 0 Å². The van der Waals surface area contributed by atoms with Gasteiger partial charge in [-0.25, -0.2) is 0 Å². The van der Waals surface area contributed by atoms with Crippen molar-refractivity contribution in [1.82, 2.24) is 0 Å². The minimum atomic E-state index is -2.33. The van der Waals surface area contributed by atoms with Crippen molar-refractivity contribution >= 4 is 12.3 Å². The van der Waals surface area contributed by atoms with Crippen molar-refractivity contribution in [2.24, 2.45) is 0 Å². The van der Waals surface area contributed by atoms with Crippen LogP contribution in [0.4, 0.5) is 9.59 Å². The SMILES string of the molecule is O.O=C([O-])[O-].O=C([O-])[O-].[La+3].[La+3].[La+3]. The summed E-state index contributed by atoms with van der Waals surface area (Å²) in [6.07, 6.45) is -4.67. The van der Waals surface area contributed by atoms with E-state index in [1.165, 1.54) is 0 Å². The fraction of sp³-hybridized carbons (Fsp3) is 0. The quantitative estimate of drug-likeness (QED) is 0.290. The van der Waals surface area contributed by atoms with Crippen LogP contribution in [0.3, 0.4) is 0 Å². The Bertz CT molecular complexity index is 74.7. The summed E-state index contributed by atoms with van der Waals surface area (Å²) in [5.41, 5.74) is 0. The van der Waals surface area contributed by atoms with Crippen LogP contribution in [-0.2, 0) is 0 Å². The Balaban J connectivity index is -0.0000000112. The van der Waals surface area contributed by atoms with Gasteiger partial charge in [-0.05, 0) is 12.3 Å². The van der Waals surface area contributed by atoms with Crippen LogP contribution in [0.5, 0.6) is 0 Å². The van der Waals surface area contributed by atoms with Crippen molar-refractivity contribution in [3.05, 3.63) is 0 Å². The molecular weight excluding hydrogens is 553 g/mol. The zero-order chi connectivity index (χ0) is 7.15. The molecule has 0 spiro atoms. The van der Waals surface area contributed by atoms with Crippen LogP contribution in [0.25, 0.3) is 0 Å². The molecule has 0 saturated heterocycles. The topological polar surface area (TPSA) is 158 Å². The second-order valence-corrected chi connectivity index (χ2v) is 0.500. The first kappa shape index (κ1) is 36.9. The van der Waals surface area contributed by atoms with Crippen molar-refractivity contribution in [1.29, 1.82) is 0 Å². The molecule has 0 saturated carbocycles. The third-order valence-electron chi connectivity index (χ3n) is 0. The van der Waals surface area contributed by atoms with Crippen LogP contribution in [0.1, 0.15) is 0 Å². The molecule has 0 aliphatic rings. The molecule has 0 aliphatic heterocycles. The Hall–Kier alpha value is 2.08. The van der Waals surface area contributed by atoms with E-state index in [1.54, 1.807) is 0 Å². The Morgan fingerprint density at radius 3 is 0.667 bits per heavy atom. The summed E-state index contributed by atoms with van der Waals surface area (Å²) in [5.74, 6) is 0. The standard InChI is InChI=1S/2CH2O3.3La.H2O/c2*2-1(3)4;;;;/h2*(H2,2,3,4);;;;1H2/q;;3*+3;/p-4. The molecule has 0 atom stereocenters. The molecule has 56 valence electrons. The van der Waals surface area contributed by atoms with E-state index >= 15 is 0 Å². The van der Waals surface area contributed by atoms with E-state index < -0.39 is 12.3 Å². The van der Waals surface area contributed by atoms with E-state index in [4.69, 9.17) is 30.0 Å². The van der Waals surface area contributed by atoms with Crippen molar-refractivity contribution in [3.63, 3.8) is 0 Å². The third kappa shape index (κ3) is 342. The maximum atomic E-state index is 8.33. The van der Waals surface area contributed by atoms with Crippen molar-refractivity contribution < 1.29 is 142 Å². The summed E-state index contributed by atoms with van der Waals surface area (Å²) in [6.45, 7) is 0. The monoisotopic (exact) mass is 555 g/mol. The van der Waals surface area contributed by atoms with Crippen LogP contribution >= 0.6 is 0 Å². The number of rotatable bonds is 0. The van der Waals surface area contributed by atoms with Gasteiger partial charge in [-0.2, -0.15) is 0 Å². The molecular formula is C2H2La3O7+5. The van der Waals surface area contributed by atoms with E-state index in [2.05, 4.69) is 0 Å². The first-order valence-corrected chi connectivity index (χ1v) is 1.22. The average Bonchev–Trinajstić information content (AvgIpc) is 1.25. The molecule has 0 aromatic carbocycles. The Labute approximate surface area is 151 Å². The van der Waals surface area contributed by atoms with Gasteiger partial charge < -0.3 is 35.5 Å². The molecule has 0 amide bonds. The first-order valence-electron chi connectivity index (χ1n) is 1.22. The predicted molar refractivity (Wildman–Crippen MR) is 14.4 cm³/mol. The summed E-state index contributed by atoms with van der Waals surface area (Å²) < 4.78 is 0. The number of hydrogen-bond acceptors (Lipinski definition) is 6. The zero-order valence-electron chi connectivity index (χ0n) is 5.68. The minimum absolute atomic E-state index is 0. The van der Waals surface area contributed by atoms with Crippen LogP contribution in [-0.4, -0.2) is 17.8 Å². The van der Waals surface area contributed by atoms with E-state index in [9.17, 15) is 0 Å². The first-order chi connectivity index (χ1) is 3.46. The Morgan fingerprint density at radius 2 is 0.667 bits per heavy atom. The third-order valence-corrected chi connectivity index (χ3v) is 0. The largest absolute Gasteiger partial charge is 3.00 e. The predicted octanol–water partition coefficient (Wildman–Crippen LogP) is -5.72. The van der Waals surface area contributed by atoms with Gasteiger partial charge in [-0.3, -0.25) is 0 Å². The molecule has 0 aliphatic carbocycles. The average molecular weight is 555 g/mol. The van der Waals surface area contributed by atoms with Gasteiger partial charge >= 0.3 is 107 Å². The summed E-state index contributed by atoms with van der Waals surface area (Å²) in [5, 5.41) is 33.3. The molecule has 10 heteroatoms. The fourth-order valence-corrected chi connectivity index (χ4v) is 0. The second kappa shape index (κ2) is 29.2. The van der Waals surface area contributed by atoms with Crippen molar-refractivity contribution in [3.8, 4) is 0 Å². The molecule has 0 aromatic rings. The van der Waals surface area contributed by atoms with Crippen LogP contribution in [0, 0.1) is 107 Å². The molecule has 0 unspecified atom stereocenters. The van der Waals surface area contributed by atoms with Crippen molar-refractivity contribution in [2.75, 3.05) is 0 Å². The smallest absolute Gasteiger partial charge is 0.652 e. The summed E-state index contributed by atoms with van der Waals surface area (Å²) in [7, 11) is 0. The minimum Gasteiger partial charge on any atom is -0.652 e. The molecule has 0 rings (SSSR count). The summed E-state index contributed by atoms with van der Waals surface area (Å²) in [4.78, 5) is 16.7. The molecule has 0 fully saturated rings. The van der Waals surface area contributed by atoms with Gasteiger partial charge in [0.2, 0.25) is 0 Å². The van der Waals surface area contributed by atoms with Crippen molar-refractivity contribution in [2.45, 2.75) is 0 Å². The number of carbonyl (C=O) groups is 2. The molecule has 7 nitrogen and oxygen atoms in total. The molecule has 0 heterocycles. The van der Waals surface area contributed by atoms with Gasteiger partial charge in [0.1, 0.15) is 0 Å².